The normalized spacial score (nSPS) is 28.0. The number of fused-ring (bicyclic) bond motifs is 2. The fraction of sp³-hybridized carbons (Fsp3) is 0.474. The molecule has 1 aromatic rings. The van der Waals surface area contributed by atoms with Gasteiger partial charge in [0.15, 0.2) is 0 Å². The lowest BCUT2D eigenvalue weighted by atomic mass is 9.78. The van der Waals surface area contributed by atoms with Crippen molar-refractivity contribution in [1.82, 2.24) is 5.32 Å². The number of benzene rings is 1. The van der Waals surface area contributed by atoms with Crippen molar-refractivity contribution < 1.29 is 14.7 Å². The van der Waals surface area contributed by atoms with Crippen molar-refractivity contribution in [3.8, 4) is 0 Å². The summed E-state index contributed by atoms with van der Waals surface area (Å²) in [6.07, 6.45) is 1.79. The van der Waals surface area contributed by atoms with E-state index >= 15 is 0 Å². The van der Waals surface area contributed by atoms with Crippen LogP contribution in [0.2, 0.25) is 5.02 Å². The molecule has 2 N–H and O–H groups in total. The average Bonchev–Trinajstić information content (AvgIpc) is 3.10. The summed E-state index contributed by atoms with van der Waals surface area (Å²) in [5.74, 6) is -1.97. The molecule has 0 spiro atoms. The highest BCUT2D eigenvalue weighted by molar-refractivity contribution is 6.30. The Balaban J connectivity index is 1.77. The summed E-state index contributed by atoms with van der Waals surface area (Å²) in [6, 6.07) is 7.28. The standard InChI is InChI=1S/C19H22ClNO3/c1-10(2)15-13-7-8-14(15)17(19(23)24)16(13)18(22)21-9-11-3-5-12(20)6-4-11/h3-6,13-14,16-17H,7-9H2,1-2H3,(H,21,22)(H,23,24). The minimum Gasteiger partial charge on any atom is -0.481 e. The van der Waals surface area contributed by atoms with Crippen LogP contribution in [0.15, 0.2) is 35.4 Å². The molecule has 0 aromatic heterocycles. The molecule has 2 bridgehead atoms. The Morgan fingerprint density at radius 3 is 2.25 bits per heavy atom. The van der Waals surface area contributed by atoms with E-state index in [1.165, 1.54) is 11.1 Å². The highest BCUT2D eigenvalue weighted by Crippen LogP contribution is 2.57. The van der Waals surface area contributed by atoms with Crippen LogP contribution in [0.3, 0.4) is 0 Å². The number of hydrogen-bond donors (Lipinski definition) is 2. The Kier molecular flexibility index (Phi) is 4.68. The maximum Gasteiger partial charge on any atom is 0.307 e. The number of hydrogen-bond acceptors (Lipinski definition) is 2. The van der Waals surface area contributed by atoms with Gasteiger partial charge in [0.2, 0.25) is 5.91 Å². The number of allylic oxidation sites excluding steroid dienone is 2. The van der Waals surface area contributed by atoms with E-state index in [0.717, 1.165) is 18.4 Å². The molecule has 4 nitrogen and oxygen atoms in total. The maximum atomic E-state index is 12.7. The number of halogens is 1. The summed E-state index contributed by atoms with van der Waals surface area (Å²) in [5.41, 5.74) is 3.32. The molecule has 2 aliphatic rings. The van der Waals surface area contributed by atoms with Crippen molar-refractivity contribution in [2.45, 2.75) is 33.2 Å². The lowest BCUT2D eigenvalue weighted by Gasteiger charge is -2.26. The molecule has 24 heavy (non-hydrogen) atoms. The van der Waals surface area contributed by atoms with Crippen molar-refractivity contribution in [3.05, 3.63) is 46.0 Å². The zero-order valence-corrected chi connectivity index (χ0v) is 14.6. The molecule has 1 aromatic carbocycles. The van der Waals surface area contributed by atoms with Crippen LogP contribution in [0.5, 0.6) is 0 Å². The second kappa shape index (κ2) is 6.60. The van der Waals surface area contributed by atoms with Gasteiger partial charge in [-0.3, -0.25) is 9.59 Å². The minimum atomic E-state index is -0.854. The van der Waals surface area contributed by atoms with Crippen molar-refractivity contribution in [2.24, 2.45) is 23.7 Å². The summed E-state index contributed by atoms with van der Waals surface area (Å²) in [5, 5.41) is 13.2. The van der Waals surface area contributed by atoms with Gasteiger partial charge in [-0.2, -0.15) is 0 Å². The molecule has 1 amide bonds. The first-order chi connectivity index (χ1) is 11.4. The van der Waals surface area contributed by atoms with Gasteiger partial charge < -0.3 is 10.4 Å². The van der Waals surface area contributed by atoms with Gasteiger partial charge in [-0.25, -0.2) is 0 Å². The van der Waals surface area contributed by atoms with Gasteiger partial charge in [-0.05, 0) is 56.2 Å². The van der Waals surface area contributed by atoms with E-state index in [4.69, 9.17) is 11.6 Å². The number of aliphatic carboxylic acids is 1. The Morgan fingerprint density at radius 1 is 1.12 bits per heavy atom. The molecular formula is C19H22ClNO3. The highest BCUT2D eigenvalue weighted by Gasteiger charge is 2.57. The van der Waals surface area contributed by atoms with E-state index < -0.39 is 17.8 Å². The van der Waals surface area contributed by atoms with Gasteiger partial charge in [0.05, 0.1) is 11.8 Å². The number of rotatable bonds is 4. The van der Waals surface area contributed by atoms with Crippen molar-refractivity contribution >= 4 is 23.5 Å². The molecule has 2 saturated carbocycles. The maximum absolute atomic E-state index is 12.7. The van der Waals surface area contributed by atoms with Crippen LogP contribution < -0.4 is 5.32 Å². The largest absolute Gasteiger partial charge is 0.481 e. The van der Waals surface area contributed by atoms with Crippen molar-refractivity contribution in [3.63, 3.8) is 0 Å². The predicted octanol–water partition coefficient (Wildman–Crippen LogP) is 3.65. The number of carbonyl (C=O) groups excluding carboxylic acids is 1. The third-order valence-corrected chi connectivity index (χ3v) is 5.64. The van der Waals surface area contributed by atoms with E-state index in [-0.39, 0.29) is 17.7 Å². The molecule has 0 aliphatic heterocycles. The van der Waals surface area contributed by atoms with E-state index in [2.05, 4.69) is 5.32 Å². The van der Waals surface area contributed by atoms with Gasteiger partial charge in [-0.15, -0.1) is 0 Å². The van der Waals surface area contributed by atoms with Gasteiger partial charge in [0.1, 0.15) is 0 Å². The van der Waals surface area contributed by atoms with Crippen LogP contribution in [0.25, 0.3) is 0 Å². The molecule has 4 atom stereocenters. The minimum absolute atomic E-state index is 0.0174. The van der Waals surface area contributed by atoms with E-state index in [1.54, 1.807) is 12.1 Å². The number of carbonyl (C=O) groups is 2. The fourth-order valence-electron chi connectivity index (χ4n) is 4.51. The number of nitrogens with one attached hydrogen (secondary N) is 1. The highest BCUT2D eigenvalue weighted by atomic mass is 35.5. The topological polar surface area (TPSA) is 66.4 Å². The van der Waals surface area contributed by atoms with Gasteiger partial charge in [-0.1, -0.05) is 34.9 Å². The second-order valence-corrected chi connectivity index (χ2v) is 7.42. The molecule has 0 saturated heterocycles. The van der Waals surface area contributed by atoms with Gasteiger partial charge in [0, 0.05) is 11.6 Å². The SMILES string of the molecule is CC(C)=C1C2CCC1C(C(=O)NCc1ccc(Cl)cc1)C2C(=O)O. The van der Waals surface area contributed by atoms with Crippen molar-refractivity contribution in [1.29, 1.82) is 0 Å². The third kappa shape index (κ3) is 2.95. The zero-order chi connectivity index (χ0) is 17.4. The van der Waals surface area contributed by atoms with Crippen LogP contribution in [0.1, 0.15) is 32.3 Å². The molecule has 2 aliphatic carbocycles. The number of amides is 1. The van der Waals surface area contributed by atoms with E-state index in [0.29, 0.717) is 11.6 Å². The van der Waals surface area contributed by atoms with E-state index in [9.17, 15) is 14.7 Å². The summed E-state index contributed by atoms with van der Waals surface area (Å²) >= 11 is 5.86. The Bertz CT molecular complexity index is 691. The third-order valence-electron chi connectivity index (χ3n) is 5.39. The van der Waals surface area contributed by atoms with Gasteiger partial charge >= 0.3 is 5.97 Å². The molecule has 0 radical (unpaired) electrons. The Hall–Kier alpha value is -1.81. The number of carboxylic acids is 1. The molecule has 128 valence electrons. The summed E-state index contributed by atoms with van der Waals surface area (Å²) in [7, 11) is 0. The second-order valence-electron chi connectivity index (χ2n) is 6.98. The average molecular weight is 348 g/mol. The van der Waals surface area contributed by atoms with E-state index in [1.807, 2.05) is 26.0 Å². The molecule has 4 unspecified atom stereocenters. The Labute approximate surface area is 146 Å². The molecule has 5 heteroatoms. The smallest absolute Gasteiger partial charge is 0.307 e. The van der Waals surface area contributed by atoms with Crippen molar-refractivity contribution in [2.75, 3.05) is 0 Å². The van der Waals surface area contributed by atoms with Crippen LogP contribution in [-0.2, 0) is 16.1 Å². The summed E-state index contributed by atoms with van der Waals surface area (Å²) < 4.78 is 0. The molecule has 3 rings (SSSR count). The first kappa shape index (κ1) is 17.0. The summed E-state index contributed by atoms with van der Waals surface area (Å²) in [4.78, 5) is 24.5. The summed E-state index contributed by atoms with van der Waals surface area (Å²) in [6.45, 7) is 4.43. The predicted molar refractivity (Wildman–Crippen MR) is 92.5 cm³/mol. The molecular weight excluding hydrogens is 326 g/mol. The number of carboxylic acid groups (broad SMARTS) is 1. The lowest BCUT2D eigenvalue weighted by Crippen LogP contribution is -2.41. The van der Waals surface area contributed by atoms with Gasteiger partial charge in [0.25, 0.3) is 0 Å². The lowest BCUT2D eigenvalue weighted by molar-refractivity contribution is -0.149. The van der Waals surface area contributed by atoms with Crippen LogP contribution in [0.4, 0.5) is 0 Å². The fourth-order valence-corrected chi connectivity index (χ4v) is 4.64. The zero-order valence-electron chi connectivity index (χ0n) is 13.9. The quantitative estimate of drug-likeness (QED) is 0.817. The van der Waals surface area contributed by atoms with Crippen LogP contribution in [-0.4, -0.2) is 17.0 Å². The molecule has 2 fully saturated rings. The monoisotopic (exact) mass is 347 g/mol. The Morgan fingerprint density at radius 2 is 1.71 bits per heavy atom. The first-order valence-electron chi connectivity index (χ1n) is 8.32. The molecule has 0 heterocycles. The van der Waals surface area contributed by atoms with Crippen LogP contribution >= 0.6 is 11.6 Å². The first-order valence-corrected chi connectivity index (χ1v) is 8.70. The van der Waals surface area contributed by atoms with Crippen LogP contribution in [0, 0.1) is 23.7 Å².